The fourth-order valence-corrected chi connectivity index (χ4v) is 3.09. The molecule has 3 aromatic heterocycles. The van der Waals surface area contributed by atoms with Crippen LogP contribution in [0.5, 0.6) is 0 Å². The van der Waals surface area contributed by atoms with E-state index in [-0.39, 0.29) is 5.56 Å². The van der Waals surface area contributed by atoms with E-state index in [0.29, 0.717) is 29.1 Å². The molecule has 0 unspecified atom stereocenters. The molecule has 4 aromatic rings. The van der Waals surface area contributed by atoms with Gasteiger partial charge in [0.05, 0.1) is 18.1 Å². The van der Waals surface area contributed by atoms with Gasteiger partial charge in [-0.05, 0) is 25.1 Å². The topological polar surface area (TPSA) is 96.7 Å². The van der Waals surface area contributed by atoms with Crippen molar-refractivity contribution in [2.45, 2.75) is 19.9 Å². The molecule has 2 N–H and O–H groups in total. The number of aryl methyl sites for hydroxylation is 1. The highest BCUT2D eigenvalue weighted by Gasteiger charge is 2.12. The lowest BCUT2D eigenvalue weighted by atomic mass is 10.1. The maximum Gasteiger partial charge on any atom is 0.251 e. The van der Waals surface area contributed by atoms with E-state index in [9.17, 15) is 4.79 Å². The third-order valence-corrected chi connectivity index (χ3v) is 4.68. The molecule has 0 atom stereocenters. The lowest BCUT2D eigenvalue weighted by Crippen LogP contribution is -2.11. The molecule has 0 aliphatic rings. The highest BCUT2D eigenvalue weighted by molar-refractivity contribution is 5.67. The second-order valence-corrected chi connectivity index (χ2v) is 6.69. The largest absolute Gasteiger partial charge is 0.354 e. The van der Waals surface area contributed by atoms with Gasteiger partial charge < -0.3 is 14.8 Å². The fourth-order valence-electron chi connectivity index (χ4n) is 3.09. The van der Waals surface area contributed by atoms with Gasteiger partial charge in [0.25, 0.3) is 5.56 Å². The van der Waals surface area contributed by atoms with Crippen molar-refractivity contribution in [2.75, 3.05) is 7.05 Å². The number of aromatic nitrogens is 4. The molecular weight excluding hydrogens is 366 g/mol. The van der Waals surface area contributed by atoms with E-state index in [1.165, 1.54) is 5.56 Å². The second kappa shape index (κ2) is 8.20. The number of nitrogens with one attached hydrogen (secondary N) is 2. The minimum atomic E-state index is -0.0824. The Balaban J connectivity index is 1.63. The Kier molecular flexibility index (Phi) is 5.31. The summed E-state index contributed by atoms with van der Waals surface area (Å²) in [4.78, 5) is 23.5. The van der Waals surface area contributed by atoms with Crippen molar-refractivity contribution >= 4 is 0 Å². The molecule has 0 spiro atoms. The Morgan fingerprint density at radius 2 is 1.83 bits per heavy atom. The van der Waals surface area contributed by atoms with Gasteiger partial charge in [0.2, 0.25) is 0 Å². The summed E-state index contributed by atoms with van der Waals surface area (Å²) in [7, 11) is 1.92. The average molecular weight is 387 g/mol. The Bertz CT molecular complexity index is 1180. The van der Waals surface area contributed by atoms with Crippen LogP contribution in [0.3, 0.4) is 0 Å². The molecule has 0 aliphatic carbocycles. The van der Waals surface area contributed by atoms with Crippen LogP contribution in [0.1, 0.15) is 18.1 Å². The van der Waals surface area contributed by atoms with Crippen molar-refractivity contribution in [1.82, 2.24) is 25.4 Å². The zero-order valence-electron chi connectivity index (χ0n) is 16.3. The van der Waals surface area contributed by atoms with Crippen LogP contribution in [0.2, 0.25) is 0 Å². The zero-order chi connectivity index (χ0) is 20.2. The highest BCUT2D eigenvalue weighted by Crippen LogP contribution is 2.26. The lowest BCUT2D eigenvalue weighted by molar-refractivity contribution is 0.433. The second-order valence-electron chi connectivity index (χ2n) is 6.69. The predicted octanol–water partition coefficient (Wildman–Crippen LogP) is 3.44. The number of pyridine rings is 1. The van der Waals surface area contributed by atoms with Crippen molar-refractivity contribution in [2.24, 2.45) is 0 Å². The molecule has 1 aromatic carbocycles. The van der Waals surface area contributed by atoms with Gasteiger partial charge in [0.15, 0.2) is 5.76 Å². The molecule has 0 aliphatic heterocycles. The molecule has 4 rings (SSSR count). The number of benzene rings is 1. The first-order valence-corrected chi connectivity index (χ1v) is 9.43. The van der Waals surface area contributed by atoms with Crippen LogP contribution in [0.15, 0.2) is 64.3 Å². The van der Waals surface area contributed by atoms with Gasteiger partial charge in [-0.2, -0.15) is 0 Å². The van der Waals surface area contributed by atoms with E-state index in [1.807, 2.05) is 38.2 Å². The molecule has 29 heavy (non-hydrogen) atoms. The van der Waals surface area contributed by atoms with E-state index in [1.54, 1.807) is 18.6 Å². The van der Waals surface area contributed by atoms with Crippen LogP contribution in [0.4, 0.5) is 0 Å². The quantitative estimate of drug-likeness (QED) is 0.526. The van der Waals surface area contributed by atoms with Crippen molar-refractivity contribution < 1.29 is 4.52 Å². The molecule has 0 amide bonds. The van der Waals surface area contributed by atoms with Gasteiger partial charge in [-0.1, -0.05) is 36.3 Å². The van der Waals surface area contributed by atoms with Crippen molar-refractivity contribution in [3.05, 3.63) is 76.5 Å². The van der Waals surface area contributed by atoms with Gasteiger partial charge in [0, 0.05) is 35.5 Å². The third kappa shape index (κ3) is 4.00. The van der Waals surface area contributed by atoms with Crippen molar-refractivity contribution in [3.8, 4) is 34.0 Å². The van der Waals surface area contributed by atoms with Gasteiger partial charge in [-0.3, -0.25) is 9.78 Å². The zero-order valence-corrected chi connectivity index (χ0v) is 16.3. The lowest BCUT2D eigenvalue weighted by Gasteiger charge is -2.03. The highest BCUT2D eigenvalue weighted by atomic mass is 16.5. The van der Waals surface area contributed by atoms with Crippen molar-refractivity contribution in [3.63, 3.8) is 0 Å². The van der Waals surface area contributed by atoms with E-state index in [0.717, 1.165) is 23.4 Å². The molecule has 7 nitrogen and oxygen atoms in total. The molecule has 0 fully saturated rings. The molecular formula is C22H21N5O2. The van der Waals surface area contributed by atoms with Gasteiger partial charge in [-0.25, -0.2) is 4.98 Å². The van der Waals surface area contributed by atoms with Crippen LogP contribution in [0.25, 0.3) is 34.0 Å². The molecule has 146 valence electrons. The number of nitrogens with zero attached hydrogens (tertiary/aromatic N) is 3. The minimum Gasteiger partial charge on any atom is -0.354 e. The molecule has 3 heterocycles. The first-order valence-electron chi connectivity index (χ1n) is 9.43. The fraction of sp³-hybridized carbons (Fsp3) is 0.182. The maximum absolute atomic E-state index is 11.8. The molecule has 7 heteroatoms. The van der Waals surface area contributed by atoms with Crippen LogP contribution in [-0.4, -0.2) is 27.2 Å². The smallest absolute Gasteiger partial charge is 0.251 e. The average Bonchev–Trinajstić information content (AvgIpc) is 3.25. The summed E-state index contributed by atoms with van der Waals surface area (Å²) < 4.78 is 5.52. The number of aromatic amines is 1. The monoisotopic (exact) mass is 387 g/mol. The molecule has 0 radical (unpaired) electrons. The number of rotatable bonds is 6. The first kappa shape index (κ1) is 18.8. The summed E-state index contributed by atoms with van der Waals surface area (Å²) in [5, 5.41) is 7.30. The van der Waals surface area contributed by atoms with E-state index >= 15 is 0 Å². The summed E-state index contributed by atoms with van der Waals surface area (Å²) in [6.45, 7) is 2.76. The minimum absolute atomic E-state index is 0.0824. The van der Waals surface area contributed by atoms with E-state index in [4.69, 9.17) is 4.52 Å². The summed E-state index contributed by atoms with van der Waals surface area (Å²) in [6, 6.07) is 11.8. The Morgan fingerprint density at radius 3 is 2.59 bits per heavy atom. The molecule has 0 bridgehead atoms. The van der Waals surface area contributed by atoms with Crippen molar-refractivity contribution in [1.29, 1.82) is 0 Å². The number of hydrogen-bond acceptors (Lipinski definition) is 6. The van der Waals surface area contributed by atoms with Crippen LogP contribution in [-0.2, 0) is 13.0 Å². The predicted molar refractivity (Wildman–Crippen MR) is 111 cm³/mol. The molecule has 0 saturated carbocycles. The Hall–Kier alpha value is -3.58. The van der Waals surface area contributed by atoms with Gasteiger partial charge >= 0.3 is 0 Å². The van der Waals surface area contributed by atoms with Crippen LogP contribution in [0, 0.1) is 0 Å². The Morgan fingerprint density at radius 1 is 1.03 bits per heavy atom. The molecule has 0 saturated heterocycles. The summed E-state index contributed by atoms with van der Waals surface area (Å²) >= 11 is 0. The van der Waals surface area contributed by atoms with E-state index in [2.05, 4.69) is 37.6 Å². The van der Waals surface area contributed by atoms with Crippen LogP contribution < -0.4 is 10.9 Å². The van der Waals surface area contributed by atoms with Crippen LogP contribution >= 0.6 is 0 Å². The normalized spacial score (nSPS) is 11.0. The summed E-state index contributed by atoms with van der Waals surface area (Å²) in [6.07, 6.45) is 5.59. The third-order valence-electron chi connectivity index (χ3n) is 4.68. The number of hydrogen-bond donors (Lipinski definition) is 2. The van der Waals surface area contributed by atoms with Gasteiger partial charge in [0.1, 0.15) is 11.4 Å². The van der Waals surface area contributed by atoms with Gasteiger partial charge in [-0.15, -0.1) is 0 Å². The number of H-pyrrole nitrogens is 1. The first-order chi connectivity index (χ1) is 14.2. The maximum atomic E-state index is 11.8. The summed E-state index contributed by atoms with van der Waals surface area (Å²) in [5.41, 5.74) is 5.57. The SMILES string of the molecule is CCc1cc(-c2cncc(-c3cc(-c4ccc(CNC)cc4)no3)n2)c[nH]c1=O. The standard InChI is InChI=1S/C22H21N5O2/c1-3-15-8-17(11-25-22(15)28)19-12-24-13-20(26-19)21-9-18(27-29-21)16-6-4-14(5-7-16)10-23-2/h4-9,11-13,23H,3,10H2,1-2H3,(H,25,28). The summed E-state index contributed by atoms with van der Waals surface area (Å²) in [5.74, 6) is 0.536. The Labute approximate surface area is 167 Å². The van der Waals surface area contributed by atoms with E-state index < -0.39 is 0 Å².